The van der Waals surface area contributed by atoms with Gasteiger partial charge in [-0.2, -0.15) is 0 Å². The minimum absolute atomic E-state index is 0.947. The summed E-state index contributed by atoms with van der Waals surface area (Å²) in [6.07, 6.45) is 6.74. The molecule has 1 heterocycles. The topological polar surface area (TPSA) is 25.8 Å². The van der Waals surface area contributed by atoms with Crippen LogP contribution in [-0.2, 0) is 6.42 Å². The number of nitrogens with zero attached hydrogens (tertiary/aromatic N) is 2. The SMILES string of the molecule is C1=Cc2cc3c(ccc4c3nnc3ccc5cc6ccccc6cc5c34)cc2CC1. The predicted molar refractivity (Wildman–Crippen MR) is 127 cm³/mol. The van der Waals surface area contributed by atoms with Gasteiger partial charge in [-0.05, 0) is 75.2 Å². The average molecular weight is 382 g/mol. The number of fused-ring (bicyclic) bond motifs is 9. The van der Waals surface area contributed by atoms with Crippen LogP contribution in [0.2, 0.25) is 0 Å². The van der Waals surface area contributed by atoms with Crippen molar-refractivity contribution in [1.82, 2.24) is 10.2 Å². The highest BCUT2D eigenvalue weighted by molar-refractivity contribution is 6.23. The van der Waals surface area contributed by atoms with Crippen molar-refractivity contribution < 1.29 is 0 Å². The lowest BCUT2D eigenvalue weighted by Crippen LogP contribution is -1.96. The molecule has 7 rings (SSSR count). The van der Waals surface area contributed by atoms with E-state index < -0.39 is 0 Å². The first kappa shape index (κ1) is 16.1. The zero-order valence-electron chi connectivity index (χ0n) is 16.4. The number of aryl methyl sites for hydroxylation is 1. The van der Waals surface area contributed by atoms with E-state index in [1.54, 1.807) is 0 Å². The highest BCUT2D eigenvalue weighted by atomic mass is 15.1. The Morgan fingerprint density at radius 2 is 1.47 bits per heavy atom. The molecule has 30 heavy (non-hydrogen) atoms. The van der Waals surface area contributed by atoms with Gasteiger partial charge in [0.1, 0.15) is 5.52 Å². The van der Waals surface area contributed by atoms with Gasteiger partial charge in [0.2, 0.25) is 0 Å². The van der Waals surface area contributed by atoms with E-state index in [-0.39, 0.29) is 0 Å². The van der Waals surface area contributed by atoms with Crippen LogP contribution in [0.15, 0.2) is 78.9 Å². The van der Waals surface area contributed by atoms with Crippen LogP contribution in [0.3, 0.4) is 0 Å². The lowest BCUT2D eigenvalue weighted by Gasteiger charge is -2.14. The monoisotopic (exact) mass is 382 g/mol. The van der Waals surface area contributed by atoms with Crippen molar-refractivity contribution in [2.45, 2.75) is 12.8 Å². The predicted octanol–water partition coefficient (Wildman–Crippen LogP) is 7.20. The highest BCUT2D eigenvalue weighted by Gasteiger charge is 2.13. The molecule has 0 fully saturated rings. The molecule has 0 saturated carbocycles. The van der Waals surface area contributed by atoms with E-state index in [1.165, 1.54) is 54.2 Å². The van der Waals surface area contributed by atoms with E-state index in [2.05, 4.69) is 95.1 Å². The maximum atomic E-state index is 4.68. The van der Waals surface area contributed by atoms with Gasteiger partial charge in [0, 0.05) is 16.2 Å². The molecular weight excluding hydrogens is 364 g/mol. The molecule has 0 radical (unpaired) electrons. The largest absolute Gasteiger partial charge is 0.150 e. The van der Waals surface area contributed by atoms with E-state index in [0.717, 1.165) is 23.9 Å². The first-order chi connectivity index (χ1) is 14.8. The summed E-state index contributed by atoms with van der Waals surface area (Å²) in [5, 5.41) is 19.1. The Labute approximate surface area is 173 Å². The average Bonchev–Trinajstić information content (AvgIpc) is 2.80. The molecule has 0 amide bonds. The highest BCUT2D eigenvalue weighted by Crippen LogP contribution is 2.36. The summed E-state index contributed by atoms with van der Waals surface area (Å²) in [5.74, 6) is 0. The Bertz CT molecular complexity index is 1690. The summed E-state index contributed by atoms with van der Waals surface area (Å²) in [6, 6.07) is 26.5. The molecule has 0 aliphatic heterocycles. The molecule has 0 N–H and O–H groups in total. The zero-order valence-corrected chi connectivity index (χ0v) is 16.4. The van der Waals surface area contributed by atoms with Crippen molar-refractivity contribution in [1.29, 1.82) is 0 Å². The summed E-state index contributed by atoms with van der Waals surface area (Å²) in [7, 11) is 0. The maximum absolute atomic E-state index is 4.68. The van der Waals surface area contributed by atoms with E-state index in [1.807, 2.05) is 0 Å². The van der Waals surface area contributed by atoms with E-state index in [0.29, 0.717) is 0 Å². The van der Waals surface area contributed by atoms with Crippen LogP contribution < -0.4 is 0 Å². The number of allylic oxidation sites excluding steroid dienone is 1. The molecule has 0 bridgehead atoms. The molecule has 1 aromatic heterocycles. The van der Waals surface area contributed by atoms with Crippen LogP contribution in [0.5, 0.6) is 0 Å². The van der Waals surface area contributed by atoms with Crippen molar-refractivity contribution >= 4 is 60.2 Å². The number of hydrogen-bond donors (Lipinski definition) is 0. The zero-order chi connectivity index (χ0) is 19.7. The van der Waals surface area contributed by atoms with Crippen molar-refractivity contribution in [3.63, 3.8) is 0 Å². The molecule has 0 saturated heterocycles. The minimum atomic E-state index is 0.947. The Kier molecular flexibility index (Phi) is 3.14. The van der Waals surface area contributed by atoms with Crippen LogP contribution in [-0.4, -0.2) is 10.2 Å². The van der Waals surface area contributed by atoms with Gasteiger partial charge >= 0.3 is 0 Å². The van der Waals surface area contributed by atoms with Gasteiger partial charge in [-0.15, -0.1) is 10.2 Å². The molecule has 1 aliphatic rings. The van der Waals surface area contributed by atoms with Gasteiger partial charge < -0.3 is 0 Å². The second kappa shape index (κ2) is 5.87. The second-order valence-electron chi connectivity index (χ2n) is 8.26. The summed E-state index contributed by atoms with van der Waals surface area (Å²) >= 11 is 0. The van der Waals surface area contributed by atoms with Gasteiger partial charge in [0.05, 0.1) is 5.52 Å². The fourth-order valence-corrected chi connectivity index (χ4v) is 5.02. The molecule has 2 heteroatoms. The van der Waals surface area contributed by atoms with Gasteiger partial charge in [-0.3, -0.25) is 0 Å². The lowest BCUT2D eigenvalue weighted by atomic mass is 9.92. The summed E-state index contributed by atoms with van der Waals surface area (Å²) in [5.41, 5.74) is 4.67. The number of rotatable bonds is 0. The fraction of sp³-hybridized carbons (Fsp3) is 0.0714. The van der Waals surface area contributed by atoms with Gasteiger partial charge in [0.25, 0.3) is 0 Å². The molecule has 0 spiro atoms. The third-order valence-corrected chi connectivity index (χ3v) is 6.52. The van der Waals surface area contributed by atoms with Crippen molar-refractivity contribution in [2.24, 2.45) is 0 Å². The van der Waals surface area contributed by atoms with Gasteiger partial charge in [0.15, 0.2) is 0 Å². The smallest absolute Gasteiger partial charge is 0.101 e. The third-order valence-electron chi connectivity index (χ3n) is 6.52. The molecule has 5 aromatic carbocycles. The molecule has 6 aromatic rings. The van der Waals surface area contributed by atoms with Crippen molar-refractivity contribution in [2.75, 3.05) is 0 Å². The van der Waals surface area contributed by atoms with E-state index >= 15 is 0 Å². The number of hydrogen-bond acceptors (Lipinski definition) is 2. The molecule has 140 valence electrons. The van der Waals surface area contributed by atoms with E-state index in [9.17, 15) is 0 Å². The molecule has 2 nitrogen and oxygen atoms in total. The van der Waals surface area contributed by atoms with Crippen LogP contribution in [0, 0.1) is 0 Å². The Morgan fingerprint density at radius 3 is 2.40 bits per heavy atom. The summed E-state index contributed by atoms with van der Waals surface area (Å²) < 4.78 is 0. The van der Waals surface area contributed by atoms with Crippen molar-refractivity contribution in [3.8, 4) is 0 Å². The fourth-order valence-electron chi connectivity index (χ4n) is 5.02. The normalized spacial score (nSPS) is 13.6. The van der Waals surface area contributed by atoms with Crippen LogP contribution in [0.1, 0.15) is 17.5 Å². The standard InChI is InChI=1S/C28H18N2/c1-3-7-19-15-24-21(13-17(19)5-1)10-12-26-27(24)23-11-9-22-14-18-6-2-4-8-20(18)16-25(22)28(23)30-29-26/h1,3-5,7-16H,2,6H2. The quantitative estimate of drug-likeness (QED) is 0.205. The number of aromatic nitrogens is 2. The van der Waals surface area contributed by atoms with Gasteiger partial charge in [-0.1, -0.05) is 60.7 Å². The molecule has 1 aliphatic carbocycles. The first-order valence-corrected chi connectivity index (χ1v) is 10.5. The van der Waals surface area contributed by atoms with Crippen LogP contribution >= 0.6 is 0 Å². The van der Waals surface area contributed by atoms with Crippen LogP contribution in [0.4, 0.5) is 0 Å². The molecular formula is C28H18N2. The number of benzene rings is 5. The Hall–Kier alpha value is -3.78. The first-order valence-electron chi connectivity index (χ1n) is 10.5. The van der Waals surface area contributed by atoms with Gasteiger partial charge in [-0.25, -0.2) is 0 Å². The van der Waals surface area contributed by atoms with Crippen molar-refractivity contribution in [3.05, 3.63) is 90.0 Å². The third kappa shape index (κ3) is 2.19. The minimum Gasteiger partial charge on any atom is -0.150 e. The van der Waals surface area contributed by atoms with Crippen LogP contribution in [0.25, 0.3) is 60.2 Å². The molecule has 0 atom stereocenters. The summed E-state index contributed by atoms with van der Waals surface area (Å²) in [4.78, 5) is 0. The lowest BCUT2D eigenvalue weighted by molar-refractivity contribution is 0.989. The summed E-state index contributed by atoms with van der Waals surface area (Å²) in [6.45, 7) is 0. The Balaban J connectivity index is 1.66. The molecule has 0 unspecified atom stereocenters. The Morgan fingerprint density at radius 1 is 0.633 bits per heavy atom. The van der Waals surface area contributed by atoms with E-state index in [4.69, 9.17) is 0 Å². The second-order valence-corrected chi connectivity index (χ2v) is 8.26. The maximum Gasteiger partial charge on any atom is 0.101 e.